The maximum absolute atomic E-state index is 12.3. The smallest absolute Gasteiger partial charge is 0.319 e. The summed E-state index contributed by atoms with van der Waals surface area (Å²) in [7, 11) is -3.60. The Labute approximate surface area is 175 Å². The summed E-state index contributed by atoms with van der Waals surface area (Å²) in [6, 6.07) is 11.8. The maximum atomic E-state index is 12.3. The van der Waals surface area contributed by atoms with Gasteiger partial charge in [0, 0.05) is 18.3 Å². The number of rotatable bonds is 8. The summed E-state index contributed by atoms with van der Waals surface area (Å²) in [5.41, 5.74) is 3.09. The van der Waals surface area contributed by atoms with Crippen LogP contribution in [0.1, 0.15) is 26.3 Å². The van der Waals surface area contributed by atoms with Gasteiger partial charge >= 0.3 is 6.03 Å². The standard InChI is InChI=1S/C20H26N6O3S/c1-4-15-5-7-16(8-6-15)22-20(27)21-11-12-26-19-10-9-17(13-18(19)23-25-26)30(28,29)24-14(2)3/h5-10,13-14,24H,4,11-12H2,1-3H3,(H2,21,22,27). The summed E-state index contributed by atoms with van der Waals surface area (Å²) in [6.07, 6.45) is 0.944. The third-order valence-electron chi connectivity index (χ3n) is 4.42. The van der Waals surface area contributed by atoms with Crippen LogP contribution in [0.3, 0.4) is 0 Å². The molecule has 0 atom stereocenters. The summed E-state index contributed by atoms with van der Waals surface area (Å²) in [6.45, 7) is 6.33. The van der Waals surface area contributed by atoms with Crippen LogP contribution in [-0.4, -0.2) is 42.0 Å². The number of anilines is 1. The first-order valence-electron chi connectivity index (χ1n) is 9.78. The van der Waals surface area contributed by atoms with Gasteiger partial charge in [-0.2, -0.15) is 0 Å². The van der Waals surface area contributed by atoms with E-state index >= 15 is 0 Å². The van der Waals surface area contributed by atoms with E-state index in [0.717, 1.165) is 12.1 Å². The molecule has 160 valence electrons. The molecule has 3 rings (SSSR count). The molecule has 0 aliphatic rings. The maximum Gasteiger partial charge on any atom is 0.319 e. The Kier molecular flexibility index (Phi) is 6.68. The molecule has 9 nitrogen and oxygen atoms in total. The van der Waals surface area contributed by atoms with Gasteiger partial charge < -0.3 is 10.6 Å². The van der Waals surface area contributed by atoms with Crippen LogP contribution in [-0.2, 0) is 23.0 Å². The molecule has 1 heterocycles. The minimum atomic E-state index is -3.60. The highest BCUT2D eigenvalue weighted by atomic mass is 32.2. The zero-order chi connectivity index (χ0) is 21.7. The molecule has 30 heavy (non-hydrogen) atoms. The second-order valence-electron chi connectivity index (χ2n) is 7.17. The van der Waals surface area contributed by atoms with Gasteiger partial charge in [-0.15, -0.1) is 5.10 Å². The van der Waals surface area contributed by atoms with E-state index in [1.54, 1.807) is 24.6 Å². The Morgan fingerprint density at radius 3 is 2.53 bits per heavy atom. The average molecular weight is 431 g/mol. The lowest BCUT2D eigenvalue weighted by Gasteiger charge is -2.10. The van der Waals surface area contributed by atoms with E-state index in [9.17, 15) is 13.2 Å². The van der Waals surface area contributed by atoms with Crippen LogP contribution >= 0.6 is 0 Å². The Balaban J connectivity index is 1.59. The number of hydrogen-bond donors (Lipinski definition) is 3. The van der Waals surface area contributed by atoms with Crippen molar-refractivity contribution < 1.29 is 13.2 Å². The molecule has 10 heteroatoms. The average Bonchev–Trinajstić information content (AvgIpc) is 3.10. The normalized spacial score (nSPS) is 11.7. The van der Waals surface area contributed by atoms with Crippen molar-refractivity contribution in [3.63, 3.8) is 0 Å². The molecule has 0 radical (unpaired) electrons. The van der Waals surface area contributed by atoms with E-state index in [0.29, 0.717) is 24.1 Å². The van der Waals surface area contributed by atoms with Gasteiger partial charge in [-0.25, -0.2) is 22.6 Å². The number of nitrogens with one attached hydrogen (secondary N) is 3. The lowest BCUT2D eigenvalue weighted by Crippen LogP contribution is -2.31. The lowest BCUT2D eigenvalue weighted by atomic mass is 10.1. The van der Waals surface area contributed by atoms with E-state index in [4.69, 9.17) is 0 Å². The molecule has 3 aromatic rings. The first kappa shape index (κ1) is 21.7. The molecule has 0 spiro atoms. The first-order valence-corrected chi connectivity index (χ1v) is 11.3. The van der Waals surface area contributed by atoms with Gasteiger partial charge in [0.2, 0.25) is 10.0 Å². The number of nitrogens with zero attached hydrogens (tertiary/aromatic N) is 3. The predicted molar refractivity (Wildman–Crippen MR) is 116 cm³/mol. The number of fused-ring (bicyclic) bond motifs is 1. The molecular weight excluding hydrogens is 404 g/mol. The Bertz CT molecular complexity index is 1120. The van der Waals surface area contributed by atoms with E-state index in [-0.39, 0.29) is 17.0 Å². The number of hydrogen-bond acceptors (Lipinski definition) is 5. The summed E-state index contributed by atoms with van der Waals surface area (Å²) >= 11 is 0. The molecular formula is C20H26N6O3S. The van der Waals surface area contributed by atoms with E-state index in [1.165, 1.54) is 17.7 Å². The van der Waals surface area contributed by atoms with Gasteiger partial charge in [-0.1, -0.05) is 24.3 Å². The highest BCUT2D eigenvalue weighted by Crippen LogP contribution is 2.17. The van der Waals surface area contributed by atoms with Crippen molar-refractivity contribution in [1.29, 1.82) is 0 Å². The minimum Gasteiger partial charge on any atom is -0.336 e. The van der Waals surface area contributed by atoms with Crippen molar-refractivity contribution >= 4 is 32.8 Å². The molecule has 2 amide bonds. The highest BCUT2D eigenvalue weighted by Gasteiger charge is 2.17. The minimum absolute atomic E-state index is 0.141. The first-order chi connectivity index (χ1) is 14.3. The summed E-state index contributed by atoms with van der Waals surface area (Å²) in [5, 5.41) is 13.7. The summed E-state index contributed by atoms with van der Waals surface area (Å²) in [5.74, 6) is 0. The van der Waals surface area contributed by atoms with Crippen LogP contribution in [0.25, 0.3) is 11.0 Å². The number of sulfonamides is 1. The quantitative estimate of drug-likeness (QED) is 0.507. The van der Waals surface area contributed by atoms with E-state index in [1.807, 2.05) is 24.3 Å². The van der Waals surface area contributed by atoms with Crippen molar-refractivity contribution in [2.24, 2.45) is 0 Å². The van der Waals surface area contributed by atoms with Crippen molar-refractivity contribution in [2.45, 2.75) is 44.7 Å². The van der Waals surface area contributed by atoms with E-state index < -0.39 is 10.0 Å². The second kappa shape index (κ2) is 9.23. The van der Waals surface area contributed by atoms with Gasteiger partial charge in [0.1, 0.15) is 5.52 Å². The zero-order valence-corrected chi connectivity index (χ0v) is 18.0. The number of amides is 2. The Hall–Kier alpha value is -2.98. The monoisotopic (exact) mass is 430 g/mol. The Morgan fingerprint density at radius 1 is 1.13 bits per heavy atom. The number of carbonyl (C=O) groups excluding carboxylic acids is 1. The molecule has 0 saturated carbocycles. The molecule has 1 aromatic heterocycles. The third-order valence-corrected chi connectivity index (χ3v) is 6.07. The topological polar surface area (TPSA) is 118 Å². The van der Waals surface area contributed by atoms with Crippen molar-refractivity contribution in [2.75, 3.05) is 11.9 Å². The Morgan fingerprint density at radius 2 is 1.87 bits per heavy atom. The zero-order valence-electron chi connectivity index (χ0n) is 17.2. The van der Waals surface area contributed by atoms with Gasteiger partial charge in [0.25, 0.3) is 0 Å². The molecule has 3 N–H and O–H groups in total. The fraction of sp³-hybridized carbons (Fsp3) is 0.350. The predicted octanol–water partition coefficient (Wildman–Crippen LogP) is 2.50. The SMILES string of the molecule is CCc1ccc(NC(=O)NCCn2nnc3cc(S(=O)(=O)NC(C)C)ccc32)cc1. The third kappa shape index (κ3) is 5.33. The van der Waals surface area contributed by atoms with Crippen molar-refractivity contribution in [1.82, 2.24) is 25.0 Å². The molecule has 0 fully saturated rings. The van der Waals surface area contributed by atoms with Crippen molar-refractivity contribution in [3.05, 3.63) is 48.0 Å². The van der Waals surface area contributed by atoms with Crippen molar-refractivity contribution in [3.8, 4) is 0 Å². The number of aryl methyl sites for hydroxylation is 1. The molecule has 0 aliphatic heterocycles. The van der Waals surface area contributed by atoms with Gasteiger partial charge in [0.05, 0.1) is 17.0 Å². The number of carbonyl (C=O) groups is 1. The van der Waals surface area contributed by atoms with Crippen LogP contribution in [0.4, 0.5) is 10.5 Å². The van der Waals surface area contributed by atoms with Crippen LogP contribution in [0.2, 0.25) is 0 Å². The summed E-state index contributed by atoms with van der Waals surface area (Å²) < 4.78 is 28.8. The largest absolute Gasteiger partial charge is 0.336 e. The lowest BCUT2D eigenvalue weighted by molar-refractivity contribution is 0.251. The van der Waals surface area contributed by atoms with E-state index in [2.05, 4.69) is 32.6 Å². The summed E-state index contributed by atoms with van der Waals surface area (Å²) in [4.78, 5) is 12.2. The molecule has 0 aliphatic carbocycles. The molecule has 0 saturated heterocycles. The van der Waals surface area contributed by atoms with Crippen LogP contribution in [0, 0.1) is 0 Å². The fourth-order valence-corrected chi connectivity index (χ4v) is 4.21. The van der Waals surface area contributed by atoms with Crippen LogP contribution in [0.15, 0.2) is 47.4 Å². The van der Waals surface area contributed by atoms with Gasteiger partial charge in [0.15, 0.2) is 0 Å². The number of aromatic nitrogens is 3. The van der Waals surface area contributed by atoms with Gasteiger partial charge in [-0.05, 0) is 56.2 Å². The van der Waals surface area contributed by atoms with Gasteiger partial charge in [-0.3, -0.25) is 0 Å². The highest BCUT2D eigenvalue weighted by molar-refractivity contribution is 7.89. The fourth-order valence-electron chi connectivity index (χ4n) is 2.94. The van der Waals surface area contributed by atoms with Crippen LogP contribution in [0.5, 0.6) is 0 Å². The molecule has 2 aromatic carbocycles. The molecule has 0 unspecified atom stereocenters. The number of urea groups is 1. The number of benzene rings is 2. The second-order valence-corrected chi connectivity index (χ2v) is 8.88. The van der Waals surface area contributed by atoms with Crippen LogP contribution < -0.4 is 15.4 Å². The molecule has 0 bridgehead atoms.